The average molecular weight is 824 g/mol. The lowest BCUT2D eigenvalue weighted by Crippen LogP contribution is -2.01. The molecule has 13 rings (SSSR count). The van der Waals surface area contributed by atoms with Crippen LogP contribution in [0.1, 0.15) is 30.2 Å². The standard InChI is InChI=1S/C60H39N3/c1-3-18-40(19-4-1)42-22-15-23-43(36-42)45-37-44(41-20-5-2-6-21-41)38-46(39-45)61-52-29-11-9-26-49(52)50-28-16-35-58(60(50)61)63-55-32-14-10-27-51(55)59-56(33-17-34-57(59)63)62-53-30-12-7-24-47(53)48-25-8-13-31-54(48)62/h1-39H/i7D,8D,9D,10D,11D,12D,13D,14D,16D,17D,24D,25D,26D,27D,28D,29D,30D,31D,32D,33D,34D,35D. The summed E-state index contributed by atoms with van der Waals surface area (Å²) in [6.07, 6.45) is 0. The number of hydrogen-bond donors (Lipinski definition) is 0. The van der Waals surface area contributed by atoms with Gasteiger partial charge in [0.1, 0.15) is 0 Å². The van der Waals surface area contributed by atoms with Gasteiger partial charge in [-0.15, -0.1) is 0 Å². The largest absolute Gasteiger partial charge is 0.309 e. The maximum Gasteiger partial charge on any atom is 0.0782 e. The molecule has 3 heteroatoms. The Labute approximate surface area is 395 Å². The van der Waals surface area contributed by atoms with Crippen LogP contribution in [0.25, 0.3) is 116 Å². The molecule has 3 heterocycles. The molecule has 3 nitrogen and oxygen atoms in total. The molecule has 0 N–H and O–H groups in total. The number of hydrogen-bond acceptors (Lipinski definition) is 0. The normalized spacial score (nSPS) is 16.7. The van der Waals surface area contributed by atoms with E-state index in [-0.39, 0.29) is 27.5 Å². The van der Waals surface area contributed by atoms with Crippen molar-refractivity contribution >= 4 is 65.4 Å². The van der Waals surface area contributed by atoms with Gasteiger partial charge in [0.25, 0.3) is 0 Å². The van der Waals surface area contributed by atoms with Gasteiger partial charge < -0.3 is 13.7 Å². The Kier molecular flexibility index (Phi) is 4.47. The molecule has 10 aromatic carbocycles. The number of benzene rings is 10. The highest BCUT2D eigenvalue weighted by atomic mass is 15.1. The van der Waals surface area contributed by atoms with Crippen LogP contribution in [0.5, 0.6) is 0 Å². The van der Waals surface area contributed by atoms with E-state index in [2.05, 4.69) is 0 Å². The first-order chi connectivity index (χ1) is 40.4. The van der Waals surface area contributed by atoms with Crippen molar-refractivity contribution in [2.75, 3.05) is 0 Å². The first kappa shape index (κ1) is 20.0. The predicted molar refractivity (Wildman–Crippen MR) is 266 cm³/mol. The van der Waals surface area contributed by atoms with Crippen LogP contribution in [-0.2, 0) is 0 Å². The van der Waals surface area contributed by atoms with Crippen molar-refractivity contribution in [3.8, 4) is 50.4 Å². The number of para-hydroxylation sites is 5. The highest BCUT2D eigenvalue weighted by Gasteiger charge is 2.23. The summed E-state index contributed by atoms with van der Waals surface area (Å²) in [6, 6.07) is 14.3. The summed E-state index contributed by atoms with van der Waals surface area (Å²) in [5, 5.41) is -2.48. The van der Waals surface area contributed by atoms with Gasteiger partial charge in [0.15, 0.2) is 0 Å². The minimum Gasteiger partial charge on any atom is -0.309 e. The molecule has 0 atom stereocenters. The van der Waals surface area contributed by atoms with Crippen molar-refractivity contribution in [3.05, 3.63) is 236 Å². The summed E-state index contributed by atoms with van der Waals surface area (Å²) in [7, 11) is 0. The zero-order chi connectivity index (χ0) is 60.6. The molecular weight excluding hydrogens is 763 g/mol. The van der Waals surface area contributed by atoms with Crippen molar-refractivity contribution in [3.63, 3.8) is 0 Å². The van der Waals surface area contributed by atoms with Gasteiger partial charge in [-0.3, -0.25) is 0 Å². The van der Waals surface area contributed by atoms with E-state index in [1.807, 2.05) is 91.0 Å². The fraction of sp³-hybridized carbons (Fsp3) is 0. The van der Waals surface area contributed by atoms with Gasteiger partial charge in [-0.2, -0.15) is 0 Å². The first-order valence-electron chi connectivity index (χ1n) is 30.9. The van der Waals surface area contributed by atoms with Crippen molar-refractivity contribution in [2.24, 2.45) is 0 Å². The molecule has 0 spiro atoms. The molecule has 0 saturated carbocycles. The molecule has 0 aliphatic carbocycles. The van der Waals surface area contributed by atoms with E-state index in [4.69, 9.17) is 13.7 Å². The van der Waals surface area contributed by atoms with Gasteiger partial charge in [-0.25, -0.2) is 0 Å². The van der Waals surface area contributed by atoms with Crippen LogP contribution in [0.3, 0.4) is 0 Å². The first-order valence-corrected chi connectivity index (χ1v) is 19.9. The Morgan fingerprint density at radius 2 is 0.698 bits per heavy atom. The Balaban J connectivity index is 1.30. The van der Waals surface area contributed by atoms with Crippen molar-refractivity contribution in [2.45, 2.75) is 0 Å². The second-order valence-corrected chi connectivity index (χ2v) is 14.9. The third kappa shape index (κ3) is 5.46. The Morgan fingerprint density at radius 1 is 0.286 bits per heavy atom. The molecule has 0 unspecified atom stereocenters. The van der Waals surface area contributed by atoms with E-state index in [0.717, 1.165) is 20.3 Å². The third-order valence-electron chi connectivity index (χ3n) is 11.5. The van der Waals surface area contributed by atoms with E-state index in [1.165, 1.54) is 4.57 Å². The molecule has 294 valence electrons. The van der Waals surface area contributed by atoms with Gasteiger partial charge >= 0.3 is 0 Å². The maximum atomic E-state index is 10.1. The van der Waals surface area contributed by atoms with Crippen molar-refractivity contribution in [1.29, 1.82) is 0 Å². The fourth-order valence-electron chi connectivity index (χ4n) is 8.78. The molecule has 0 aliphatic heterocycles. The monoisotopic (exact) mass is 823 g/mol. The zero-order valence-corrected chi connectivity index (χ0v) is 32.7. The predicted octanol–water partition coefficient (Wildman–Crippen LogP) is 16.0. The highest BCUT2D eigenvalue weighted by molar-refractivity contribution is 6.18. The molecule has 0 saturated heterocycles. The van der Waals surface area contributed by atoms with E-state index >= 15 is 0 Å². The summed E-state index contributed by atoms with van der Waals surface area (Å²) < 4.78 is 209. The van der Waals surface area contributed by atoms with E-state index in [1.54, 1.807) is 12.1 Å². The molecule has 0 aliphatic rings. The maximum absolute atomic E-state index is 10.1. The summed E-state index contributed by atoms with van der Waals surface area (Å²) in [6.45, 7) is 0. The van der Waals surface area contributed by atoms with Crippen LogP contribution in [-0.4, -0.2) is 13.7 Å². The van der Waals surface area contributed by atoms with Crippen LogP contribution >= 0.6 is 0 Å². The highest BCUT2D eigenvalue weighted by Crippen LogP contribution is 2.44. The zero-order valence-electron chi connectivity index (χ0n) is 54.7. The lowest BCUT2D eigenvalue weighted by atomic mass is 9.95. The van der Waals surface area contributed by atoms with E-state index in [0.29, 0.717) is 22.3 Å². The Bertz CT molecular complexity index is 5130. The SMILES string of the molecule is [2H]c1c([2H])c([2H])c2c(c1[2H])c1c([2H])c([2H])c([2H])c(-n3c4c([2H])c([2H])c([2H])c([2H])c4c4c(-n5c6c([2H])c([2H])c([2H])c([2H])c6c6c([2H])c([2H])c([2H])c([2H])c65)c([2H])c([2H])c([2H])c43)c1n2-c1cc(-c2ccccc2)cc(-c2cccc(-c3ccccc3)c2)c1. The second kappa shape index (κ2) is 14.1. The lowest BCUT2D eigenvalue weighted by molar-refractivity contribution is 1.13. The van der Waals surface area contributed by atoms with E-state index < -0.39 is 188 Å². The van der Waals surface area contributed by atoms with Crippen LogP contribution in [0, 0.1) is 0 Å². The Morgan fingerprint density at radius 3 is 1.35 bits per heavy atom. The minimum absolute atomic E-state index is 0.168. The summed E-state index contributed by atoms with van der Waals surface area (Å²) in [5.41, 5.74) is 0.597. The van der Waals surface area contributed by atoms with Gasteiger partial charge in [-0.05, 0) is 99.9 Å². The number of fused-ring (bicyclic) bond motifs is 9. The number of aromatic nitrogens is 3. The third-order valence-corrected chi connectivity index (χ3v) is 11.5. The van der Waals surface area contributed by atoms with Crippen LogP contribution in [0.15, 0.2) is 236 Å². The number of nitrogens with zero attached hydrogens (tertiary/aromatic N) is 3. The minimum atomic E-state index is -0.942. The van der Waals surface area contributed by atoms with Gasteiger partial charge in [-0.1, -0.05) is 169 Å². The summed E-state index contributed by atoms with van der Waals surface area (Å²) in [5.74, 6) is 0. The Hall–Kier alpha value is -8.40. The molecule has 0 amide bonds. The molecular formula is C60H39N3. The molecule has 13 aromatic rings. The molecule has 3 aromatic heterocycles. The molecule has 0 radical (unpaired) electrons. The summed E-state index contributed by atoms with van der Waals surface area (Å²) >= 11 is 0. The second-order valence-electron chi connectivity index (χ2n) is 14.9. The van der Waals surface area contributed by atoms with E-state index in [9.17, 15) is 16.4 Å². The summed E-state index contributed by atoms with van der Waals surface area (Å²) in [4.78, 5) is 0. The van der Waals surface area contributed by atoms with Crippen molar-refractivity contribution in [1.82, 2.24) is 13.7 Å². The number of rotatable bonds is 6. The average Bonchev–Trinajstić information content (AvgIpc) is 1.54. The molecule has 0 fully saturated rings. The fourth-order valence-corrected chi connectivity index (χ4v) is 8.78. The van der Waals surface area contributed by atoms with Gasteiger partial charge in [0, 0.05) is 38.0 Å². The van der Waals surface area contributed by atoms with Crippen LogP contribution < -0.4 is 0 Å². The van der Waals surface area contributed by atoms with Gasteiger partial charge in [0.2, 0.25) is 0 Å². The quantitative estimate of drug-likeness (QED) is 0.159. The molecule has 63 heavy (non-hydrogen) atoms. The van der Waals surface area contributed by atoms with Crippen LogP contribution in [0.4, 0.5) is 0 Å². The van der Waals surface area contributed by atoms with Gasteiger partial charge in [0.05, 0.1) is 74.6 Å². The molecule has 0 bridgehead atoms. The van der Waals surface area contributed by atoms with Crippen molar-refractivity contribution < 1.29 is 30.2 Å². The smallest absolute Gasteiger partial charge is 0.0782 e. The lowest BCUT2D eigenvalue weighted by Gasteiger charge is -2.17. The van der Waals surface area contributed by atoms with Crippen LogP contribution in [0.2, 0.25) is 0 Å². The topological polar surface area (TPSA) is 14.8 Å².